The van der Waals surface area contributed by atoms with Crippen molar-refractivity contribution >= 4 is 106 Å². The molecular formula is C75H126N22O27. The molecule has 49 heteroatoms. The Bertz CT molecular complexity index is 3590. The van der Waals surface area contributed by atoms with Gasteiger partial charge in [0.25, 0.3) is 0 Å². The van der Waals surface area contributed by atoms with Crippen LogP contribution in [0.5, 0.6) is 0 Å². The molecule has 49 nitrogen and oxygen atoms in total. The van der Waals surface area contributed by atoms with Crippen LogP contribution in [0.2, 0.25) is 0 Å². The van der Waals surface area contributed by atoms with E-state index in [-0.39, 0.29) is 70.6 Å². The van der Waals surface area contributed by atoms with E-state index in [4.69, 9.17) is 30.4 Å². The average Bonchev–Trinajstić information content (AvgIpc) is 1.01. The molecule has 2 aromatic heterocycles. The maximum Gasteiger partial charge on any atom is 0.317 e. The summed E-state index contributed by atoms with van der Waals surface area (Å²) in [6.07, 6.45) is 17.1. The number of ether oxygens (including phenoxy) is 4. The van der Waals surface area contributed by atoms with Crippen LogP contribution in [-0.4, -0.2) is 341 Å². The lowest BCUT2D eigenvalue weighted by molar-refractivity contribution is -0.143. The molecule has 0 unspecified atom stereocenters. The number of imidazole rings is 1. The summed E-state index contributed by atoms with van der Waals surface area (Å²) >= 11 is 0. The van der Waals surface area contributed by atoms with Crippen molar-refractivity contribution in [3.63, 3.8) is 0 Å². The van der Waals surface area contributed by atoms with Crippen molar-refractivity contribution in [3.8, 4) is 0 Å². The molecule has 24 N–H and O–H groups in total. The molecule has 8 atom stereocenters. The fourth-order valence-electron chi connectivity index (χ4n) is 11.6. The number of carbonyl (C=O) groups is 18. The molecule has 698 valence electrons. The number of nitrogens with one attached hydrogen (secondary N) is 15. The molecule has 2 rings (SSSR count). The van der Waals surface area contributed by atoms with Crippen LogP contribution < -0.4 is 80.6 Å². The summed E-state index contributed by atoms with van der Waals surface area (Å²) in [4.78, 5) is 238. The zero-order valence-electron chi connectivity index (χ0n) is 70.3. The number of carbonyl (C=O) groups excluding carboxylic acids is 16. The van der Waals surface area contributed by atoms with E-state index in [1.165, 1.54) is 77.2 Å². The Morgan fingerprint density at radius 1 is 0.427 bits per heavy atom. The first-order chi connectivity index (χ1) is 59.4. The summed E-state index contributed by atoms with van der Waals surface area (Å²) in [6, 6.07) is -13.7. The number of carboxylic acid groups (broad SMARTS) is 2. The number of rotatable bonds is 75. The number of aliphatic hydroxyl groups excluding tert-OH is 3. The third-order valence-electron chi connectivity index (χ3n) is 18.2. The first kappa shape index (κ1) is 109. The molecule has 0 aliphatic rings. The summed E-state index contributed by atoms with van der Waals surface area (Å²) in [7, 11) is 0. The molecule has 0 saturated heterocycles. The van der Waals surface area contributed by atoms with Crippen LogP contribution in [-0.2, 0) is 118 Å². The highest BCUT2D eigenvalue weighted by Crippen LogP contribution is 2.15. The number of tetrazole rings is 1. The Hall–Kier alpha value is -11.4. The molecule has 124 heavy (non-hydrogen) atoms. The number of amides is 15. The van der Waals surface area contributed by atoms with Crippen LogP contribution in [0, 0.1) is 0 Å². The van der Waals surface area contributed by atoms with Crippen LogP contribution in [0.3, 0.4) is 0 Å². The quantitative estimate of drug-likeness (QED) is 0.0274. The molecule has 0 fully saturated rings. The number of aromatic amines is 2. The van der Waals surface area contributed by atoms with E-state index in [0.717, 1.165) is 42.8 Å². The Balaban J connectivity index is 1.84. The molecule has 0 aliphatic heterocycles. The smallest absolute Gasteiger partial charge is 0.317 e. The normalized spacial score (nSPS) is 13.0. The van der Waals surface area contributed by atoms with Crippen molar-refractivity contribution in [2.75, 3.05) is 125 Å². The molecule has 0 bridgehead atoms. The maximum absolute atomic E-state index is 14.1. The van der Waals surface area contributed by atoms with Crippen molar-refractivity contribution in [1.82, 2.24) is 105 Å². The van der Waals surface area contributed by atoms with Crippen molar-refractivity contribution in [2.24, 2.45) is 11.5 Å². The Morgan fingerprint density at radius 3 is 1.35 bits per heavy atom. The minimum absolute atomic E-state index is 0.00600. The monoisotopic (exact) mass is 1770 g/mol. The van der Waals surface area contributed by atoms with Gasteiger partial charge in [-0.1, -0.05) is 95.6 Å². The van der Waals surface area contributed by atoms with E-state index < -0.39 is 247 Å². The molecule has 0 spiro atoms. The predicted octanol–water partition coefficient (Wildman–Crippen LogP) is -8.16. The number of hydrogen-bond acceptors (Lipinski definition) is 30. The van der Waals surface area contributed by atoms with E-state index in [1.807, 2.05) is 6.92 Å². The second kappa shape index (κ2) is 66.2. The lowest BCUT2D eigenvalue weighted by Crippen LogP contribution is -2.61. The van der Waals surface area contributed by atoms with Gasteiger partial charge < -0.3 is 130 Å². The van der Waals surface area contributed by atoms with E-state index in [9.17, 15) is 112 Å². The Labute approximate surface area is 716 Å². The van der Waals surface area contributed by atoms with E-state index >= 15 is 0 Å². The van der Waals surface area contributed by atoms with Crippen LogP contribution in [0.4, 0.5) is 0 Å². The van der Waals surface area contributed by atoms with Crippen molar-refractivity contribution in [1.29, 1.82) is 0 Å². The number of aliphatic hydroxyl groups is 3. The number of unbranched alkanes of at least 4 members (excludes halogenated alkanes) is 13. The lowest BCUT2D eigenvalue weighted by Gasteiger charge is -2.26. The molecule has 2 aromatic rings. The predicted molar refractivity (Wildman–Crippen MR) is 433 cm³/mol. The topological polar surface area (TPSA) is 740 Å². The maximum atomic E-state index is 14.1. The minimum Gasteiger partial charge on any atom is -0.480 e. The van der Waals surface area contributed by atoms with Crippen LogP contribution >= 0.6 is 0 Å². The van der Waals surface area contributed by atoms with Gasteiger partial charge in [0.15, 0.2) is 11.6 Å². The second-order valence-corrected chi connectivity index (χ2v) is 28.7. The highest BCUT2D eigenvalue weighted by atomic mass is 16.5. The Morgan fingerprint density at radius 2 is 0.879 bits per heavy atom. The van der Waals surface area contributed by atoms with Crippen molar-refractivity contribution in [2.45, 2.75) is 216 Å². The minimum atomic E-state index is -2.02. The SMILES string of the molecule is CCCC[C@H](NC(=O)[C@H](CNC(=O)CN(CC(=O)O)CC(=O)O)NC(=O)CCNC(=O)[C@H](Cc1cnc[nH]1)NC(=O)[C@H](CCC(N)=O)NC(=O)[C@H](CO)NC(=O)[C@H](CO)NC(=O)[C@H](CCC(N)=O)NC(=O)[C@@H](CO)NC(=O)CNC(=O)COCCOCCNC(=O)COCCOCCNC(=O)CCCCCCCCCCCCCCCc1nn[nH]n1)C(C)=O. The lowest BCUT2D eigenvalue weighted by atomic mass is 10.0. The summed E-state index contributed by atoms with van der Waals surface area (Å²) in [6.45, 7) is -4.51. The van der Waals surface area contributed by atoms with E-state index in [2.05, 4.69) is 99.7 Å². The van der Waals surface area contributed by atoms with E-state index in [0.29, 0.717) is 32.4 Å². The number of H-pyrrole nitrogens is 2. The third-order valence-corrected chi connectivity index (χ3v) is 18.2. The van der Waals surface area contributed by atoms with Gasteiger partial charge in [0.1, 0.15) is 55.5 Å². The summed E-state index contributed by atoms with van der Waals surface area (Å²) < 4.78 is 21.4. The first-order valence-corrected chi connectivity index (χ1v) is 41.2. The van der Waals surface area contributed by atoms with Crippen molar-refractivity contribution < 1.29 is 131 Å². The number of aromatic nitrogens is 6. The number of ketones is 1. The van der Waals surface area contributed by atoms with Gasteiger partial charge in [-0.2, -0.15) is 5.21 Å². The number of carboxylic acids is 2. The number of hydrogen-bond donors (Lipinski definition) is 22. The number of aliphatic carboxylic acids is 2. The highest BCUT2D eigenvalue weighted by Gasteiger charge is 2.35. The van der Waals surface area contributed by atoms with Crippen LogP contribution in [0.25, 0.3) is 0 Å². The third kappa shape index (κ3) is 52.8. The van der Waals surface area contributed by atoms with Gasteiger partial charge in [0.2, 0.25) is 88.6 Å². The van der Waals surface area contributed by atoms with Gasteiger partial charge in [0.05, 0.1) is 98.0 Å². The highest BCUT2D eigenvalue weighted by molar-refractivity contribution is 5.98. The average molecular weight is 1770 g/mol. The summed E-state index contributed by atoms with van der Waals surface area (Å²) in [5, 5.41) is 93.5. The first-order valence-electron chi connectivity index (χ1n) is 41.2. The molecule has 0 radical (unpaired) electrons. The zero-order chi connectivity index (χ0) is 91.8. The molecule has 0 saturated carbocycles. The Kier molecular flexibility index (Phi) is 58.0. The largest absolute Gasteiger partial charge is 0.480 e. The van der Waals surface area contributed by atoms with Crippen LogP contribution in [0.1, 0.15) is 167 Å². The standard InChI is InChI=1S/C75H126N22O27/c1-3-4-18-50(48(2)101)87-72(117)54(37-82-64(107)39-97(40-67(110)111)41-68(112)113)85-62(105)25-26-81-69(114)53(35-49-36-78-47-84-49)90-70(115)51(21-23-58(76)102)89-74(119)56(43-99)92-75(120)57(44-100)91-71(116)52(22-24-59(77)103)88-73(118)55(42-98)86-63(106)38-83-66(109)46-124-34-32-122-30-28-80-65(108)45-123-33-31-121-29-27-79-61(104)20-17-15-13-11-9-7-5-6-8-10-12-14-16-19-60-93-95-96-94-60/h36,47,50-57,98-100H,3-35,37-46H2,1-2H3,(H2,76,102)(H2,77,103)(H,78,84)(H,79,104)(H,80,108)(H,81,114)(H,82,107)(H,83,109)(H,85,105)(H,86,106)(H,87,117)(H,88,118)(H,89,119)(H,90,115)(H,91,116)(H,92,120)(H,110,111)(H,112,113)(H,93,94,95,96)/t50-,51-,52-,53-,54-,55+,56-,57-/m0/s1. The molecule has 15 amide bonds. The van der Waals surface area contributed by atoms with Crippen molar-refractivity contribution in [3.05, 3.63) is 24.0 Å². The molecular weight excluding hydrogens is 1640 g/mol. The van der Waals surface area contributed by atoms with Gasteiger partial charge in [0, 0.05) is 76.6 Å². The number of nitrogens with two attached hydrogens (primary N) is 2. The van der Waals surface area contributed by atoms with Gasteiger partial charge in [-0.15, -0.1) is 10.2 Å². The van der Waals surface area contributed by atoms with Gasteiger partial charge in [-0.3, -0.25) is 91.2 Å². The summed E-state index contributed by atoms with van der Waals surface area (Å²) in [5.41, 5.74) is 10.9. The molecule has 0 aromatic carbocycles. The van der Waals surface area contributed by atoms with Gasteiger partial charge in [-0.05, 0) is 39.0 Å². The number of aryl methyl sites for hydroxylation is 1. The number of primary amides is 2. The number of nitrogens with zero attached hydrogens (tertiary/aromatic N) is 5. The second-order valence-electron chi connectivity index (χ2n) is 28.7. The molecule has 0 aliphatic carbocycles. The molecule has 2 heterocycles. The fraction of sp³-hybridized carbons (Fsp3) is 0.707. The fourth-order valence-corrected chi connectivity index (χ4v) is 11.6. The van der Waals surface area contributed by atoms with Gasteiger partial charge in [-0.25, -0.2) is 4.98 Å². The zero-order valence-corrected chi connectivity index (χ0v) is 70.3. The van der Waals surface area contributed by atoms with Gasteiger partial charge >= 0.3 is 11.9 Å². The van der Waals surface area contributed by atoms with E-state index in [1.54, 1.807) is 0 Å². The summed E-state index contributed by atoms with van der Waals surface area (Å²) in [5.74, 6) is -17.0. The number of Topliss-reactive ketones (excluding diaryl/α,β-unsaturated/α-hetero) is 1. The van der Waals surface area contributed by atoms with Crippen LogP contribution in [0.15, 0.2) is 12.5 Å².